The summed E-state index contributed by atoms with van der Waals surface area (Å²) in [7, 11) is 0. The SMILES string of the molecule is O=C1N(Cc2ncccc2C(F)(F)F)c2ccccc2[C@@]12COC1C=C3OCCOC3=CC12. The molecule has 3 aliphatic heterocycles. The normalized spacial score (nSPS) is 27.8. The van der Waals surface area contributed by atoms with Gasteiger partial charge in [-0.3, -0.25) is 9.78 Å². The third-order valence-corrected chi connectivity index (χ3v) is 6.72. The number of para-hydroxylation sites is 1. The number of hydrogen-bond donors (Lipinski definition) is 0. The number of pyridine rings is 1. The van der Waals surface area contributed by atoms with Gasteiger partial charge in [0.1, 0.15) is 18.6 Å². The minimum absolute atomic E-state index is 0.108. The van der Waals surface area contributed by atoms with E-state index in [4.69, 9.17) is 14.2 Å². The van der Waals surface area contributed by atoms with Crippen LogP contribution in [0.25, 0.3) is 0 Å². The zero-order chi connectivity index (χ0) is 22.8. The van der Waals surface area contributed by atoms with E-state index in [0.29, 0.717) is 30.4 Å². The minimum atomic E-state index is -4.57. The smallest absolute Gasteiger partial charge is 0.418 e. The predicted molar refractivity (Wildman–Crippen MR) is 110 cm³/mol. The highest BCUT2D eigenvalue weighted by Gasteiger charge is 2.62. The molecule has 1 aliphatic carbocycles. The number of hydrogen-bond acceptors (Lipinski definition) is 5. The second-order valence-electron chi connectivity index (χ2n) is 8.44. The zero-order valence-electron chi connectivity index (χ0n) is 17.3. The number of ether oxygens (including phenoxy) is 3. The monoisotopic (exact) mass is 456 g/mol. The third-order valence-electron chi connectivity index (χ3n) is 6.72. The van der Waals surface area contributed by atoms with E-state index in [0.717, 1.165) is 11.6 Å². The first-order valence-electron chi connectivity index (χ1n) is 10.6. The van der Waals surface area contributed by atoms with Crippen LogP contribution < -0.4 is 4.90 Å². The molecule has 1 amide bonds. The molecule has 2 fully saturated rings. The first-order valence-corrected chi connectivity index (χ1v) is 10.6. The van der Waals surface area contributed by atoms with Crippen LogP contribution in [0.5, 0.6) is 0 Å². The van der Waals surface area contributed by atoms with E-state index >= 15 is 0 Å². The number of carbonyl (C=O) groups is 1. The van der Waals surface area contributed by atoms with Crippen LogP contribution in [0.4, 0.5) is 18.9 Å². The van der Waals surface area contributed by atoms with E-state index in [1.807, 2.05) is 24.3 Å². The van der Waals surface area contributed by atoms with Gasteiger partial charge in [0.15, 0.2) is 11.5 Å². The highest BCUT2D eigenvalue weighted by molar-refractivity contribution is 6.09. The van der Waals surface area contributed by atoms with Crippen molar-refractivity contribution in [2.24, 2.45) is 5.92 Å². The summed E-state index contributed by atoms with van der Waals surface area (Å²) in [6.07, 6.45) is 0.0280. The van der Waals surface area contributed by atoms with Crippen molar-refractivity contribution in [2.75, 3.05) is 24.7 Å². The van der Waals surface area contributed by atoms with Gasteiger partial charge in [0.05, 0.1) is 30.5 Å². The van der Waals surface area contributed by atoms with Crippen LogP contribution >= 0.6 is 0 Å². The molecule has 2 aromatic rings. The van der Waals surface area contributed by atoms with Crippen LogP contribution in [0.1, 0.15) is 16.8 Å². The number of aromatic nitrogens is 1. The van der Waals surface area contributed by atoms with E-state index in [9.17, 15) is 18.0 Å². The van der Waals surface area contributed by atoms with Crippen molar-refractivity contribution in [3.63, 3.8) is 0 Å². The van der Waals surface area contributed by atoms with Gasteiger partial charge in [0, 0.05) is 17.8 Å². The van der Waals surface area contributed by atoms with Crippen molar-refractivity contribution < 1.29 is 32.2 Å². The molecular weight excluding hydrogens is 437 g/mol. The van der Waals surface area contributed by atoms with E-state index in [-0.39, 0.29) is 30.7 Å². The zero-order valence-corrected chi connectivity index (χ0v) is 17.3. The number of rotatable bonds is 2. The molecule has 1 aromatic heterocycles. The standard InChI is InChI=1S/C24H19F3N2O4/c25-24(26,27)14-5-3-7-28-17(14)12-29-18-6-2-1-4-15(18)23(22(29)30)13-33-19-11-21-20(10-16(19)23)31-8-9-32-21/h1-7,10-11,16,19H,8-9,12-13H2/t16?,19?,23-/m1/s1. The fourth-order valence-electron chi connectivity index (χ4n) is 5.26. The van der Waals surface area contributed by atoms with Crippen molar-refractivity contribution in [3.05, 3.63) is 83.1 Å². The Morgan fingerprint density at radius 1 is 1.06 bits per heavy atom. The van der Waals surface area contributed by atoms with Gasteiger partial charge in [-0.2, -0.15) is 13.2 Å². The number of amides is 1. The molecule has 0 saturated carbocycles. The number of fused-ring (bicyclic) bond motifs is 5. The first kappa shape index (κ1) is 20.3. The van der Waals surface area contributed by atoms with Crippen molar-refractivity contribution in [1.82, 2.24) is 4.98 Å². The summed E-state index contributed by atoms with van der Waals surface area (Å²) in [4.78, 5) is 19.3. The molecule has 6 nitrogen and oxygen atoms in total. The van der Waals surface area contributed by atoms with Crippen LogP contribution in [0.15, 0.2) is 66.3 Å². The molecule has 1 aromatic carbocycles. The molecule has 9 heteroatoms. The molecular formula is C24H19F3N2O4. The van der Waals surface area contributed by atoms with Gasteiger partial charge in [-0.15, -0.1) is 0 Å². The summed E-state index contributed by atoms with van der Waals surface area (Å²) in [6.45, 7) is 0.663. The lowest BCUT2D eigenvalue weighted by atomic mass is 9.69. The quantitative estimate of drug-likeness (QED) is 0.690. The van der Waals surface area contributed by atoms with E-state index in [1.54, 1.807) is 12.1 Å². The highest BCUT2D eigenvalue weighted by Crippen LogP contribution is 2.54. The molecule has 1 spiro atoms. The van der Waals surface area contributed by atoms with Crippen molar-refractivity contribution in [2.45, 2.75) is 24.2 Å². The first-order chi connectivity index (χ1) is 15.9. The Bertz CT molecular complexity index is 1210. The fourth-order valence-corrected chi connectivity index (χ4v) is 5.26. The molecule has 4 aliphatic rings. The number of benzene rings is 1. The summed E-state index contributed by atoms with van der Waals surface area (Å²) in [5.41, 5.74) is -0.813. The summed E-state index contributed by atoms with van der Waals surface area (Å²) >= 11 is 0. The molecule has 2 saturated heterocycles. The van der Waals surface area contributed by atoms with E-state index in [1.165, 1.54) is 17.2 Å². The molecule has 0 bridgehead atoms. The number of anilines is 1. The number of nitrogens with zero attached hydrogens (tertiary/aromatic N) is 2. The maximum atomic E-state index is 14.0. The van der Waals surface area contributed by atoms with Crippen LogP contribution in [0, 0.1) is 5.92 Å². The maximum absolute atomic E-state index is 14.0. The number of carbonyl (C=O) groups excluding carboxylic acids is 1. The average Bonchev–Trinajstić information content (AvgIpc) is 3.29. The highest BCUT2D eigenvalue weighted by atomic mass is 19.4. The molecule has 0 N–H and O–H groups in total. The Morgan fingerprint density at radius 3 is 2.61 bits per heavy atom. The Morgan fingerprint density at radius 2 is 1.82 bits per heavy atom. The summed E-state index contributed by atoms with van der Waals surface area (Å²) in [6, 6.07) is 9.42. The average molecular weight is 456 g/mol. The Kier molecular flexibility index (Phi) is 4.35. The van der Waals surface area contributed by atoms with Crippen LogP contribution in [-0.2, 0) is 37.1 Å². The Labute approximate surface area is 187 Å². The molecule has 4 heterocycles. The van der Waals surface area contributed by atoms with Crippen molar-refractivity contribution in [3.8, 4) is 0 Å². The molecule has 6 rings (SSSR count). The number of alkyl halides is 3. The molecule has 33 heavy (non-hydrogen) atoms. The van der Waals surface area contributed by atoms with E-state index in [2.05, 4.69) is 4.98 Å². The van der Waals surface area contributed by atoms with Gasteiger partial charge < -0.3 is 19.1 Å². The molecule has 3 atom stereocenters. The second kappa shape index (κ2) is 7.08. The van der Waals surface area contributed by atoms with Gasteiger partial charge in [0.25, 0.3) is 0 Å². The van der Waals surface area contributed by atoms with Gasteiger partial charge in [-0.1, -0.05) is 18.2 Å². The lowest BCUT2D eigenvalue weighted by molar-refractivity contribution is -0.138. The predicted octanol–water partition coefficient (Wildman–Crippen LogP) is 3.73. The van der Waals surface area contributed by atoms with Gasteiger partial charge in [-0.25, -0.2) is 0 Å². The lowest BCUT2D eigenvalue weighted by Gasteiger charge is -2.33. The van der Waals surface area contributed by atoms with Gasteiger partial charge in [-0.05, 0) is 35.9 Å². The second-order valence-corrected chi connectivity index (χ2v) is 8.44. The maximum Gasteiger partial charge on any atom is 0.418 e. The summed E-state index contributed by atoms with van der Waals surface area (Å²) < 4.78 is 58.2. The third kappa shape index (κ3) is 2.91. The molecule has 170 valence electrons. The lowest BCUT2D eigenvalue weighted by Crippen LogP contribution is -2.46. The van der Waals surface area contributed by atoms with Crippen LogP contribution in [0.3, 0.4) is 0 Å². The Balaban J connectivity index is 1.43. The topological polar surface area (TPSA) is 60.9 Å². The van der Waals surface area contributed by atoms with Crippen molar-refractivity contribution in [1.29, 1.82) is 0 Å². The largest absolute Gasteiger partial charge is 0.486 e. The minimum Gasteiger partial charge on any atom is -0.486 e. The van der Waals surface area contributed by atoms with E-state index < -0.39 is 23.3 Å². The molecule has 0 radical (unpaired) electrons. The summed E-state index contributed by atoms with van der Waals surface area (Å²) in [5.74, 6) is 0.487. The molecule has 2 unspecified atom stereocenters. The van der Waals surface area contributed by atoms with Crippen LogP contribution in [0.2, 0.25) is 0 Å². The number of halogens is 3. The fraction of sp³-hybridized carbons (Fsp3) is 0.333. The summed E-state index contributed by atoms with van der Waals surface area (Å²) in [5, 5.41) is 0. The van der Waals surface area contributed by atoms with Crippen molar-refractivity contribution >= 4 is 11.6 Å². The Hall–Kier alpha value is -3.33. The van der Waals surface area contributed by atoms with Gasteiger partial charge >= 0.3 is 6.18 Å². The van der Waals surface area contributed by atoms with Crippen LogP contribution in [-0.4, -0.2) is 36.8 Å². The van der Waals surface area contributed by atoms with Gasteiger partial charge in [0.2, 0.25) is 5.91 Å².